The van der Waals surface area contributed by atoms with Gasteiger partial charge in [-0.3, -0.25) is 10.2 Å². The summed E-state index contributed by atoms with van der Waals surface area (Å²) in [6, 6.07) is 8.22. The van der Waals surface area contributed by atoms with E-state index < -0.39 is 0 Å². The van der Waals surface area contributed by atoms with Crippen molar-refractivity contribution in [2.24, 2.45) is 11.8 Å². The highest BCUT2D eigenvalue weighted by Crippen LogP contribution is 2.37. The molecule has 0 aliphatic carbocycles. The molecule has 3 saturated heterocycles. The van der Waals surface area contributed by atoms with Gasteiger partial charge >= 0.3 is 6.09 Å². The minimum atomic E-state index is -0.349. The number of nitrogens with one attached hydrogen (secondary N) is 1. The van der Waals surface area contributed by atoms with Crippen LogP contribution in [0, 0.1) is 11.8 Å². The zero-order chi connectivity index (χ0) is 16.2. The lowest BCUT2D eigenvalue weighted by Gasteiger charge is -2.49. The summed E-state index contributed by atoms with van der Waals surface area (Å²) < 4.78 is 5.48. The Morgan fingerprint density at radius 3 is 3.04 bits per heavy atom. The second-order valence-electron chi connectivity index (χ2n) is 6.56. The number of thioether (sulfide) groups is 1. The number of hydrogen-bond acceptors (Lipinski definition) is 4. The van der Waals surface area contributed by atoms with Gasteiger partial charge in [-0.05, 0) is 55.7 Å². The number of carbonyl (C=O) groups excluding carboxylic acids is 1. The van der Waals surface area contributed by atoms with Crippen molar-refractivity contribution in [3.8, 4) is 0 Å². The maximum Gasteiger partial charge on any atom is 0.411 e. The lowest BCUT2D eigenvalue weighted by Crippen LogP contribution is -2.54. The molecule has 126 valence electrons. The van der Waals surface area contributed by atoms with Crippen molar-refractivity contribution < 1.29 is 9.53 Å². The molecule has 1 aromatic rings. The zero-order valence-corrected chi connectivity index (χ0v) is 14.8. The predicted octanol–water partition coefficient (Wildman–Crippen LogP) is 4.08. The first-order valence-corrected chi connectivity index (χ1v) is 9.74. The van der Waals surface area contributed by atoms with E-state index in [9.17, 15) is 4.79 Å². The van der Waals surface area contributed by atoms with E-state index in [0.29, 0.717) is 12.6 Å². The van der Waals surface area contributed by atoms with Gasteiger partial charge < -0.3 is 4.74 Å². The predicted molar refractivity (Wildman–Crippen MR) is 95.1 cm³/mol. The fourth-order valence-corrected chi connectivity index (χ4v) is 4.37. The first kappa shape index (κ1) is 16.7. The molecule has 3 fully saturated rings. The van der Waals surface area contributed by atoms with E-state index in [0.717, 1.165) is 29.0 Å². The Bertz CT molecular complexity index is 552. The Labute approximate surface area is 143 Å². The highest BCUT2D eigenvalue weighted by Gasteiger charge is 2.39. The van der Waals surface area contributed by atoms with Gasteiger partial charge in [0.2, 0.25) is 0 Å². The molecule has 4 rings (SSSR count). The first-order chi connectivity index (χ1) is 11.2. The van der Waals surface area contributed by atoms with Crippen molar-refractivity contribution in [3.05, 3.63) is 24.3 Å². The molecule has 1 amide bonds. The molecule has 23 heavy (non-hydrogen) atoms. The summed E-state index contributed by atoms with van der Waals surface area (Å²) in [7, 11) is 0. The average Bonchev–Trinajstić information content (AvgIpc) is 2.60. The molecule has 0 saturated carbocycles. The minimum Gasteiger partial charge on any atom is -0.448 e. The number of carbonyl (C=O) groups is 1. The summed E-state index contributed by atoms with van der Waals surface area (Å²) in [5.41, 5.74) is 0.790. The third kappa shape index (κ3) is 4.01. The van der Waals surface area contributed by atoms with Crippen LogP contribution >= 0.6 is 11.8 Å². The quantitative estimate of drug-likeness (QED) is 0.824. The fraction of sp³-hybridized carbons (Fsp3) is 0.611. The summed E-state index contributed by atoms with van der Waals surface area (Å²) in [6.45, 7) is 5.12. The van der Waals surface area contributed by atoms with Gasteiger partial charge in [0, 0.05) is 23.2 Å². The van der Waals surface area contributed by atoms with E-state index in [2.05, 4.69) is 17.1 Å². The van der Waals surface area contributed by atoms with Gasteiger partial charge in [-0.2, -0.15) is 0 Å². The largest absolute Gasteiger partial charge is 0.448 e. The summed E-state index contributed by atoms with van der Waals surface area (Å²) in [4.78, 5) is 15.7. The van der Waals surface area contributed by atoms with Gasteiger partial charge in [-0.25, -0.2) is 4.79 Å². The molecule has 4 nitrogen and oxygen atoms in total. The molecule has 0 aromatic heterocycles. The highest BCUT2D eigenvalue weighted by atomic mass is 32.2. The number of benzene rings is 1. The van der Waals surface area contributed by atoms with E-state index in [1.807, 2.05) is 30.5 Å². The molecule has 1 N–H and O–H groups in total. The number of ether oxygens (including phenoxy) is 1. The standard InChI is InChI=1S/C18H26N2O2S/c1-3-13-11-20-8-7-14(13)9-16(20)12-22-18(21)19-15-5-4-6-17(10-15)23-2/h4-6,10,13-14,16H,3,7-9,11-12H2,1-2H3,(H,19,21)/t13-,14+,16-/m1/s1. The molecule has 3 aliphatic rings. The van der Waals surface area contributed by atoms with E-state index in [4.69, 9.17) is 4.74 Å². The number of amides is 1. The number of anilines is 1. The lowest BCUT2D eigenvalue weighted by atomic mass is 9.75. The van der Waals surface area contributed by atoms with E-state index in [-0.39, 0.29) is 6.09 Å². The number of nitrogens with zero attached hydrogens (tertiary/aromatic N) is 1. The normalized spacial score (nSPS) is 29.3. The Balaban J connectivity index is 1.48. The first-order valence-electron chi connectivity index (χ1n) is 8.51. The molecule has 5 heteroatoms. The molecule has 1 unspecified atom stereocenters. The summed E-state index contributed by atoms with van der Waals surface area (Å²) in [5, 5.41) is 2.83. The van der Waals surface area contributed by atoms with E-state index in [1.165, 1.54) is 25.8 Å². The summed E-state index contributed by atoms with van der Waals surface area (Å²) in [6.07, 6.45) is 5.42. The van der Waals surface area contributed by atoms with Crippen LogP contribution in [-0.2, 0) is 4.74 Å². The number of fused-ring (bicyclic) bond motifs is 3. The Morgan fingerprint density at radius 2 is 2.35 bits per heavy atom. The molecule has 0 radical (unpaired) electrons. The maximum atomic E-state index is 12.0. The molecule has 3 aliphatic heterocycles. The molecule has 3 heterocycles. The number of rotatable bonds is 5. The van der Waals surface area contributed by atoms with Crippen LogP contribution in [-0.4, -0.2) is 43.0 Å². The zero-order valence-electron chi connectivity index (χ0n) is 14.0. The van der Waals surface area contributed by atoms with Gasteiger partial charge in [0.25, 0.3) is 0 Å². The number of hydrogen-bond donors (Lipinski definition) is 1. The second kappa shape index (κ2) is 7.58. The topological polar surface area (TPSA) is 41.6 Å². The maximum absolute atomic E-state index is 12.0. The Hall–Kier alpha value is -1.20. The van der Waals surface area contributed by atoms with Gasteiger partial charge in [0.15, 0.2) is 0 Å². The monoisotopic (exact) mass is 334 g/mol. The Morgan fingerprint density at radius 1 is 1.48 bits per heavy atom. The molecular weight excluding hydrogens is 308 g/mol. The summed E-state index contributed by atoms with van der Waals surface area (Å²) in [5.74, 6) is 1.66. The van der Waals surface area contributed by atoms with Gasteiger partial charge in [-0.15, -0.1) is 11.8 Å². The third-order valence-electron chi connectivity index (χ3n) is 5.26. The molecule has 4 atom stereocenters. The van der Waals surface area contributed by atoms with E-state index in [1.54, 1.807) is 11.8 Å². The Kier molecular flexibility index (Phi) is 5.49. The fourth-order valence-electron chi connectivity index (χ4n) is 3.91. The van der Waals surface area contributed by atoms with Crippen LogP contribution in [0.2, 0.25) is 0 Å². The number of piperidine rings is 3. The molecule has 0 spiro atoms. The van der Waals surface area contributed by atoms with Crippen LogP contribution in [0.5, 0.6) is 0 Å². The second-order valence-corrected chi connectivity index (χ2v) is 7.44. The third-order valence-corrected chi connectivity index (χ3v) is 5.99. The molecular formula is C18H26N2O2S. The van der Waals surface area contributed by atoms with Crippen molar-refractivity contribution >= 4 is 23.5 Å². The van der Waals surface area contributed by atoms with Crippen LogP contribution in [0.4, 0.5) is 10.5 Å². The van der Waals surface area contributed by atoms with Gasteiger partial charge in [-0.1, -0.05) is 19.4 Å². The van der Waals surface area contributed by atoms with Crippen molar-refractivity contribution in [1.82, 2.24) is 4.90 Å². The molecule has 2 bridgehead atoms. The molecule has 1 aromatic carbocycles. The average molecular weight is 334 g/mol. The van der Waals surface area contributed by atoms with Crippen LogP contribution in [0.1, 0.15) is 26.2 Å². The van der Waals surface area contributed by atoms with Crippen molar-refractivity contribution in [1.29, 1.82) is 0 Å². The van der Waals surface area contributed by atoms with Gasteiger partial charge in [0.1, 0.15) is 6.61 Å². The van der Waals surface area contributed by atoms with Crippen LogP contribution in [0.25, 0.3) is 0 Å². The van der Waals surface area contributed by atoms with E-state index >= 15 is 0 Å². The smallest absolute Gasteiger partial charge is 0.411 e. The SMILES string of the molecule is CC[C@@H]1CN2CC[C@H]1C[C@@H]2COC(=O)Nc1cccc(SC)c1. The van der Waals surface area contributed by atoms with Crippen LogP contribution in [0.3, 0.4) is 0 Å². The van der Waals surface area contributed by atoms with Crippen molar-refractivity contribution in [3.63, 3.8) is 0 Å². The van der Waals surface area contributed by atoms with Crippen LogP contribution in [0.15, 0.2) is 29.2 Å². The summed E-state index contributed by atoms with van der Waals surface area (Å²) >= 11 is 1.66. The highest BCUT2D eigenvalue weighted by molar-refractivity contribution is 7.98. The van der Waals surface area contributed by atoms with Crippen LogP contribution < -0.4 is 5.32 Å². The lowest BCUT2D eigenvalue weighted by molar-refractivity contribution is -0.0240. The van der Waals surface area contributed by atoms with Crippen molar-refractivity contribution in [2.45, 2.75) is 37.1 Å². The minimum absolute atomic E-state index is 0.349. The van der Waals surface area contributed by atoms with Crippen molar-refractivity contribution in [2.75, 3.05) is 31.3 Å². The van der Waals surface area contributed by atoms with Gasteiger partial charge in [0.05, 0.1) is 0 Å².